The van der Waals surface area contributed by atoms with Crippen LogP contribution in [-0.4, -0.2) is 6.61 Å². The van der Waals surface area contributed by atoms with Crippen molar-refractivity contribution in [3.63, 3.8) is 0 Å². The summed E-state index contributed by atoms with van der Waals surface area (Å²) in [5.74, 6) is 2.44. The predicted molar refractivity (Wildman–Crippen MR) is 84.5 cm³/mol. The van der Waals surface area contributed by atoms with Gasteiger partial charge in [0, 0.05) is 0 Å². The molecule has 0 spiro atoms. The van der Waals surface area contributed by atoms with Crippen LogP contribution in [0.5, 0.6) is 11.5 Å². The van der Waals surface area contributed by atoms with E-state index < -0.39 is 0 Å². The highest BCUT2D eigenvalue weighted by Gasteiger charge is 2.45. The molecule has 110 valence electrons. The maximum absolute atomic E-state index is 5.84. The third kappa shape index (κ3) is 3.85. The largest absolute Gasteiger partial charge is 0.457 e. The van der Waals surface area contributed by atoms with Crippen LogP contribution in [0.25, 0.3) is 0 Å². The molecule has 0 radical (unpaired) electrons. The van der Waals surface area contributed by atoms with Crippen molar-refractivity contribution in [1.82, 2.24) is 0 Å². The summed E-state index contributed by atoms with van der Waals surface area (Å²) in [6.45, 7) is 6.11. The second-order valence-electron chi connectivity index (χ2n) is 6.47. The monoisotopic (exact) mass is 282 g/mol. The number of benzene rings is 2. The van der Waals surface area contributed by atoms with Gasteiger partial charge in [-0.2, -0.15) is 0 Å². The van der Waals surface area contributed by atoms with Gasteiger partial charge in [-0.15, -0.1) is 0 Å². The van der Waals surface area contributed by atoms with E-state index >= 15 is 0 Å². The summed E-state index contributed by atoms with van der Waals surface area (Å²) in [5, 5.41) is 0. The molecule has 2 aromatic carbocycles. The van der Waals surface area contributed by atoms with Gasteiger partial charge in [-0.1, -0.05) is 44.2 Å². The summed E-state index contributed by atoms with van der Waals surface area (Å²) < 4.78 is 11.7. The first-order valence-corrected chi connectivity index (χ1v) is 7.53. The summed E-state index contributed by atoms with van der Waals surface area (Å²) in [6.07, 6.45) is 1.28. The standard InChI is InChI=1S/C19H22O2/c1-19(2)12-16(19)14-20-13-15-7-6-10-18(11-15)21-17-8-4-3-5-9-17/h3-11,16H,12-14H2,1-2H3. The second kappa shape index (κ2) is 5.90. The summed E-state index contributed by atoms with van der Waals surface area (Å²) in [6, 6.07) is 18.0. The van der Waals surface area contributed by atoms with Gasteiger partial charge >= 0.3 is 0 Å². The molecule has 21 heavy (non-hydrogen) atoms. The summed E-state index contributed by atoms with van der Waals surface area (Å²) in [7, 11) is 0. The molecule has 3 rings (SSSR count). The van der Waals surface area contributed by atoms with Gasteiger partial charge in [0.2, 0.25) is 0 Å². The van der Waals surface area contributed by atoms with Crippen LogP contribution in [-0.2, 0) is 11.3 Å². The molecule has 2 nitrogen and oxygen atoms in total. The fourth-order valence-corrected chi connectivity index (χ4v) is 2.50. The van der Waals surface area contributed by atoms with Crippen LogP contribution in [0.15, 0.2) is 54.6 Å². The lowest BCUT2D eigenvalue weighted by molar-refractivity contribution is 0.103. The molecule has 1 aliphatic carbocycles. The average Bonchev–Trinajstić information content (AvgIpc) is 3.08. The van der Waals surface area contributed by atoms with Gasteiger partial charge in [0.25, 0.3) is 0 Å². The molecular weight excluding hydrogens is 260 g/mol. The number of rotatable bonds is 6. The van der Waals surface area contributed by atoms with Crippen LogP contribution in [0, 0.1) is 11.3 Å². The van der Waals surface area contributed by atoms with Gasteiger partial charge in [-0.05, 0) is 47.6 Å². The van der Waals surface area contributed by atoms with Crippen LogP contribution in [0.1, 0.15) is 25.8 Å². The van der Waals surface area contributed by atoms with Gasteiger partial charge in [0.1, 0.15) is 11.5 Å². The van der Waals surface area contributed by atoms with Crippen LogP contribution < -0.4 is 4.74 Å². The Hall–Kier alpha value is -1.80. The van der Waals surface area contributed by atoms with Gasteiger partial charge in [-0.25, -0.2) is 0 Å². The summed E-state index contributed by atoms with van der Waals surface area (Å²) in [5.41, 5.74) is 1.64. The minimum absolute atomic E-state index is 0.484. The third-order valence-corrected chi connectivity index (χ3v) is 4.18. The predicted octanol–water partition coefficient (Wildman–Crippen LogP) is 5.04. The number of para-hydroxylation sites is 1. The highest BCUT2D eigenvalue weighted by molar-refractivity contribution is 5.33. The number of hydrogen-bond donors (Lipinski definition) is 0. The Kier molecular flexibility index (Phi) is 3.98. The Balaban J connectivity index is 1.53. The lowest BCUT2D eigenvalue weighted by atomic mass is 10.1. The molecule has 0 aliphatic heterocycles. The highest BCUT2D eigenvalue weighted by Crippen LogP contribution is 2.51. The number of hydrogen-bond acceptors (Lipinski definition) is 2. The van der Waals surface area contributed by atoms with E-state index in [4.69, 9.17) is 9.47 Å². The molecule has 1 fully saturated rings. The number of ether oxygens (including phenoxy) is 2. The summed E-state index contributed by atoms with van der Waals surface area (Å²) >= 11 is 0. The molecule has 1 atom stereocenters. The van der Waals surface area contributed by atoms with Crippen LogP contribution in [0.3, 0.4) is 0 Å². The van der Waals surface area contributed by atoms with Crippen LogP contribution in [0.2, 0.25) is 0 Å². The molecular formula is C19H22O2. The van der Waals surface area contributed by atoms with E-state index in [1.807, 2.05) is 48.5 Å². The quantitative estimate of drug-likeness (QED) is 0.738. The zero-order valence-electron chi connectivity index (χ0n) is 12.7. The third-order valence-electron chi connectivity index (χ3n) is 4.18. The lowest BCUT2D eigenvalue weighted by Gasteiger charge is -2.09. The minimum Gasteiger partial charge on any atom is -0.457 e. The molecule has 0 bridgehead atoms. The van der Waals surface area contributed by atoms with E-state index in [9.17, 15) is 0 Å². The molecule has 1 aliphatic rings. The molecule has 0 saturated heterocycles. The zero-order valence-corrected chi connectivity index (χ0v) is 12.7. The minimum atomic E-state index is 0.484. The van der Waals surface area contributed by atoms with Gasteiger partial charge in [-0.3, -0.25) is 0 Å². The molecule has 2 heteroatoms. The fraction of sp³-hybridized carbons (Fsp3) is 0.368. The average molecular weight is 282 g/mol. The van der Waals surface area contributed by atoms with Gasteiger partial charge in [0.15, 0.2) is 0 Å². The van der Waals surface area contributed by atoms with Crippen molar-refractivity contribution in [2.75, 3.05) is 6.61 Å². The molecule has 0 heterocycles. The molecule has 1 saturated carbocycles. The van der Waals surface area contributed by atoms with Crippen molar-refractivity contribution in [2.45, 2.75) is 26.9 Å². The molecule has 0 N–H and O–H groups in total. The molecule has 2 aromatic rings. The smallest absolute Gasteiger partial charge is 0.127 e. The van der Waals surface area contributed by atoms with E-state index in [0.29, 0.717) is 12.0 Å². The van der Waals surface area contributed by atoms with Crippen molar-refractivity contribution in [3.05, 3.63) is 60.2 Å². The Labute approximate surface area is 126 Å². The molecule has 0 aromatic heterocycles. The van der Waals surface area contributed by atoms with E-state index in [1.165, 1.54) is 6.42 Å². The van der Waals surface area contributed by atoms with Crippen molar-refractivity contribution in [1.29, 1.82) is 0 Å². The van der Waals surface area contributed by atoms with Crippen LogP contribution in [0.4, 0.5) is 0 Å². The normalized spacial score (nSPS) is 19.2. The van der Waals surface area contributed by atoms with E-state index in [1.54, 1.807) is 0 Å². The van der Waals surface area contributed by atoms with E-state index in [0.717, 1.165) is 29.6 Å². The van der Waals surface area contributed by atoms with Crippen molar-refractivity contribution in [2.24, 2.45) is 11.3 Å². The van der Waals surface area contributed by atoms with Gasteiger partial charge < -0.3 is 9.47 Å². The van der Waals surface area contributed by atoms with Crippen molar-refractivity contribution in [3.8, 4) is 11.5 Å². The topological polar surface area (TPSA) is 18.5 Å². The van der Waals surface area contributed by atoms with Crippen molar-refractivity contribution >= 4 is 0 Å². The van der Waals surface area contributed by atoms with Crippen LogP contribution >= 0.6 is 0 Å². The maximum Gasteiger partial charge on any atom is 0.127 e. The van der Waals surface area contributed by atoms with E-state index in [2.05, 4.69) is 19.9 Å². The zero-order chi connectivity index (χ0) is 14.7. The Morgan fingerprint density at radius 1 is 1.00 bits per heavy atom. The maximum atomic E-state index is 5.84. The Morgan fingerprint density at radius 3 is 2.43 bits per heavy atom. The fourth-order valence-electron chi connectivity index (χ4n) is 2.50. The Morgan fingerprint density at radius 2 is 1.71 bits per heavy atom. The highest BCUT2D eigenvalue weighted by atomic mass is 16.5. The van der Waals surface area contributed by atoms with E-state index in [-0.39, 0.29) is 0 Å². The van der Waals surface area contributed by atoms with Crippen molar-refractivity contribution < 1.29 is 9.47 Å². The van der Waals surface area contributed by atoms with Gasteiger partial charge in [0.05, 0.1) is 13.2 Å². The lowest BCUT2D eigenvalue weighted by Crippen LogP contribution is -2.01. The molecule has 1 unspecified atom stereocenters. The second-order valence-corrected chi connectivity index (χ2v) is 6.47. The summed E-state index contributed by atoms with van der Waals surface area (Å²) in [4.78, 5) is 0. The first-order valence-electron chi connectivity index (χ1n) is 7.53. The molecule has 0 amide bonds. The first-order chi connectivity index (χ1) is 10.1. The first kappa shape index (κ1) is 14.2. The SMILES string of the molecule is CC1(C)CC1COCc1cccc(Oc2ccccc2)c1. The Bertz CT molecular complexity index is 590.